The molecule has 0 saturated carbocycles. The van der Waals surface area contributed by atoms with E-state index in [0.29, 0.717) is 18.3 Å². The summed E-state index contributed by atoms with van der Waals surface area (Å²) in [6.07, 6.45) is 5.01. The van der Waals surface area contributed by atoms with Crippen LogP contribution in [0.5, 0.6) is 0 Å². The van der Waals surface area contributed by atoms with E-state index in [1.165, 1.54) is 0 Å². The minimum atomic E-state index is 0.156. The third kappa shape index (κ3) is 3.10. The molecule has 1 aliphatic heterocycles. The van der Waals surface area contributed by atoms with Gasteiger partial charge in [0.05, 0.1) is 18.2 Å². The Bertz CT molecular complexity index is 599. The lowest BCUT2D eigenvalue weighted by molar-refractivity contribution is 0.174. The molecule has 0 amide bonds. The minimum Gasteiger partial charge on any atom is -0.394 e. The average Bonchev–Trinajstić information content (AvgIpc) is 3.04. The first-order chi connectivity index (χ1) is 10.8. The second kappa shape index (κ2) is 6.85. The van der Waals surface area contributed by atoms with Gasteiger partial charge in [0.2, 0.25) is 0 Å². The van der Waals surface area contributed by atoms with E-state index in [-0.39, 0.29) is 12.6 Å². The first-order valence-electron chi connectivity index (χ1n) is 7.47. The van der Waals surface area contributed by atoms with Crippen molar-refractivity contribution in [2.45, 2.75) is 31.9 Å². The van der Waals surface area contributed by atoms with Gasteiger partial charge >= 0.3 is 0 Å². The van der Waals surface area contributed by atoms with Crippen LogP contribution in [0.3, 0.4) is 0 Å². The number of hydrogen-bond acceptors (Lipinski definition) is 7. The Labute approximate surface area is 128 Å². The molecule has 0 aromatic carbocycles. The van der Waals surface area contributed by atoms with E-state index < -0.39 is 0 Å². The van der Waals surface area contributed by atoms with Crippen molar-refractivity contribution in [3.63, 3.8) is 0 Å². The first-order valence-corrected chi connectivity index (χ1v) is 7.47. The third-order valence-corrected chi connectivity index (χ3v) is 3.87. The van der Waals surface area contributed by atoms with E-state index in [2.05, 4.69) is 20.0 Å². The number of piperidine rings is 1. The molecule has 22 heavy (non-hydrogen) atoms. The van der Waals surface area contributed by atoms with Crippen LogP contribution < -0.4 is 4.90 Å². The van der Waals surface area contributed by atoms with Crippen molar-refractivity contribution in [2.75, 3.05) is 25.2 Å². The zero-order chi connectivity index (χ0) is 15.4. The predicted molar refractivity (Wildman–Crippen MR) is 80.3 cm³/mol. The molecule has 0 bridgehead atoms. The van der Waals surface area contributed by atoms with E-state index in [1.807, 2.05) is 12.1 Å². The van der Waals surface area contributed by atoms with Crippen LogP contribution in [0.1, 0.15) is 25.1 Å². The van der Waals surface area contributed by atoms with Crippen LogP contribution in [-0.4, -0.2) is 46.5 Å². The molecule has 0 aliphatic carbocycles. The number of nitrogens with zero attached hydrogens (tertiary/aromatic N) is 4. The van der Waals surface area contributed by atoms with Gasteiger partial charge in [0.1, 0.15) is 12.4 Å². The van der Waals surface area contributed by atoms with Crippen molar-refractivity contribution in [1.82, 2.24) is 15.1 Å². The molecule has 2 aromatic rings. The van der Waals surface area contributed by atoms with Crippen LogP contribution in [0.4, 0.5) is 5.82 Å². The van der Waals surface area contributed by atoms with Gasteiger partial charge in [-0.15, -0.1) is 0 Å². The lowest BCUT2D eigenvalue weighted by Gasteiger charge is -2.35. The van der Waals surface area contributed by atoms with Gasteiger partial charge in [0, 0.05) is 19.9 Å². The van der Waals surface area contributed by atoms with Gasteiger partial charge in [0.15, 0.2) is 5.82 Å². The lowest BCUT2D eigenvalue weighted by atomic mass is 10.0. The number of anilines is 1. The van der Waals surface area contributed by atoms with Crippen LogP contribution in [0.25, 0.3) is 11.5 Å². The summed E-state index contributed by atoms with van der Waals surface area (Å²) in [4.78, 5) is 10.9. The SMILES string of the molecule is COCc1noc(-c2ccc(N3CCCC[C@@H]3CO)nc2)n1. The summed E-state index contributed by atoms with van der Waals surface area (Å²) in [5.74, 6) is 1.82. The van der Waals surface area contributed by atoms with Crippen LogP contribution in [0, 0.1) is 0 Å². The second-order valence-electron chi connectivity index (χ2n) is 5.38. The predicted octanol–water partition coefficient (Wildman–Crippen LogP) is 1.63. The normalized spacial score (nSPS) is 18.6. The summed E-state index contributed by atoms with van der Waals surface area (Å²) in [6, 6.07) is 4.00. The quantitative estimate of drug-likeness (QED) is 0.898. The van der Waals surface area contributed by atoms with Gasteiger partial charge in [-0.05, 0) is 31.4 Å². The molecule has 3 rings (SSSR count). The molecule has 3 heterocycles. The van der Waals surface area contributed by atoms with Crippen molar-refractivity contribution >= 4 is 5.82 Å². The van der Waals surface area contributed by atoms with Gasteiger partial charge in [-0.1, -0.05) is 5.16 Å². The summed E-state index contributed by atoms with van der Waals surface area (Å²) >= 11 is 0. The smallest absolute Gasteiger partial charge is 0.259 e. The molecule has 118 valence electrons. The number of aromatic nitrogens is 3. The molecular formula is C15H20N4O3. The van der Waals surface area contributed by atoms with E-state index in [9.17, 15) is 5.11 Å². The summed E-state index contributed by atoms with van der Waals surface area (Å²) in [7, 11) is 1.59. The maximum absolute atomic E-state index is 9.49. The van der Waals surface area contributed by atoms with Crippen molar-refractivity contribution in [2.24, 2.45) is 0 Å². The van der Waals surface area contributed by atoms with Gasteiger partial charge in [0.25, 0.3) is 5.89 Å². The fourth-order valence-electron chi connectivity index (χ4n) is 2.73. The first kappa shape index (κ1) is 14.9. The summed E-state index contributed by atoms with van der Waals surface area (Å²) in [5.41, 5.74) is 0.774. The topological polar surface area (TPSA) is 84.5 Å². The molecule has 1 N–H and O–H groups in total. The zero-order valence-corrected chi connectivity index (χ0v) is 12.6. The standard InChI is InChI=1S/C15H20N4O3/c1-21-10-13-17-15(22-18-13)11-5-6-14(16-8-11)19-7-3-2-4-12(19)9-20/h5-6,8,12,20H,2-4,7,9-10H2,1H3/t12-/m1/s1. The van der Waals surface area contributed by atoms with Crippen molar-refractivity contribution in [3.8, 4) is 11.5 Å². The molecule has 1 fully saturated rings. The number of aliphatic hydroxyl groups is 1. The van der Waals surface area contributed by atoms with Crippen molar-refractivity contribution in [3.05, 3.63) is 24.2 Å². The molecule has 1 aliphatic rings. The average molecular weight is 304 g/mol. The fourth-order valence-corrected chi connectivity index (χ4v) is 2.73. The summed E-state index contributed by atoms with van der Waals surface area (Å²) < 4.78 is 10.2. The van der Waals surface area contributed by atoms with Gasteiger partial charge in [-0.2, -0.15) is 4.98 Å². The summed E-state index contributed by atoms with van der Waals surface area (Å²) in [6.45, 7) is 1.41. The maximum atomic E-state index is 9.49. The Hall–Kier alpha value is -1.99. The lowest BCUT2D eigenvalue weighted by Crippen LogP contribution is -2.42. The molecule has 1 saturated heterocycles. The maximum Gasteiger partial charge on any atom is 0.259 e. The Morgan fingerprint density at radius 3 is 3.05 bits per heavy atom. The van der Waals surface area contributed by atoms with Crippen LogP contribution in [-0.2, 0) is 11.3 Å². The Balaban J connectivity index is 1.76. The largest absolute Gasteiger partial charge is 0.394 e. The van der Waals surface area contributed by atoms with Crippen molar-refractivity contribution in [1.29, 1.82) is 0 Å². The zero-order valence-electron chi connectivity index (χ0n) is 12.6. The number of ether oxygens (including phenoxy) is 1. The molecule has 7 nitrogen and oxygen atoms in total. The number of hydrogen-bond donors (Lipinski definition) is 1. The molecule has 0 unspecified atom stereocenters. The monoisotopic (exact) mass is 304 g/mol. The highest BCUT2D eigenvalue weighted by Crippen LogP contribution is 2.25. The summed E-state index contributed by atoms with van der Waals surface area (Å²) in [5, 5.41) is 13.3. The number of methoxy groups -OCH3 is 1. The van der Waals surface area contributed by atoms with Gasteiger partial charge in [-0.25, -0.2) is 4.98 Å². The molecule has 0 radical (unpaired) electrons. The molecular weight excluding hydrogens is 284 g/mol. The third-order valence-electron chi connectivity index (χ3n) is 3.87. The molecule has 0 spiro atoms. The van der Waals surface area contributed by atoms with Gasteiger partial charge in [-0.3, -0.25) is 0 Å². The minimum absolute atomic E-state index is 0.156. The number of rotatable bonds is 5. The van der Waals surface area contributed by atoms with Crippen LogP contribution >= 0.6 is 0 Å². The molecule has 1 atom stereocenters. The Morgan fingerprint density at radius 1 is 1.41 bits per heavy atom. The van der Waals surface area contributed by atoms with E-state index >= 15 is 0 Å². The number of pyridine rings is 1. The van der Waals surface area contributed by atoms with Crippen LogP contribution in [0.15, 0.2) is 22.9 Å². The molecule has 2 aromatic heterocycles. The Morgan fingerprint density at radius 2 is 2.32 bits per heavy atom. The van der Waals surface area contributed by atoms with Crippen molar-refractivity contribution < 1.29 is 14.4 Å². The van der Waals surface area contributed by atoms with Crippen LogP contribution in [0.2, 0.25) is 0 Å². The fraction of sp³-hybridized carbons (Fsp3) is 0.533. The highest BCUT2D eigenvalue weighted by Gasteiger charge is 2.22. The van der Waals surface area contributed by atoms with E-state index in [1.54, 1.807) is 13.3 Å². The van der Waals surface area contributed by atoms with E-state index in [4.69, 9.17) is 9.26 Å². The number of aliphatic hydroxyl groups excluding tert-OH is 1. The Kier molecular flexibility index (Phi) is 4.65. The second-order valence-corrected chi connectivity index (χ2v) is 5.38. The van der Waals surface area contributed by atoms with Gasteiger partial charge < -0.3 is 19.3 Å². The highest BCUT2D eigenvalue weighted by atomic mass is 16.5. The highest BCUT2D eigenvalue weighted by molar-refractivity contribution is 5.55. The molecule has 7 heteroatoms. The van der Waals surface area contributed by atoms with E-state index in [0.717, 1.165) is 37.2 Å².